The first-order chi connectivity index (χ1) is 8.21. The molecule has 0 bridgehead atoms. The average molecular weight is 237 g/mol. The Morgan fingerprint density at radius 3 is 2.71 bits per heavy atom. The van der Waals surface area contributed by atoms with Crippen LogP contribution in [0.15, 0.2) is 23.2 Å². The molecule has 0 spiro atoms. The van der Waals surface area contributed by atoms with Crippen molar-refractivity contribution in [2.75, 3.05) is 25.6 Å². The Morgan fingerprint density at radius 2 is 2.12 bits per heavy atom. The van der Waals surface area contributed by atoms with E-state index in [0.29, 0.717) is 30.6 Å². The van der Waals surface area contributed by atoms with Crippen LogP contribution in [0.5, 0.6) is 11.5 Å². The van der Waals surface area contributed by atoms with Gasteiger partial charge in [-0.15, -0.1) is 0 Å². The lowest BCUT2D eigenvalue weighted by Gasteiger charge is -2.11. The summed E-state index contributed by atoms with van der Waals surface area (Å²) in [5.41, 5.74) is 6.49. The van der Waals surface area contributed by atoms with Gasteiger partial charge in [-0.25, -0.2) is 0 Å². The number of nitrogens with zero attached hydrogens (tertiary/aromatic N) is 1. The second kappa shape index (κ2) is 6.62. The van der Waals surface area contributed by atoms with Gasteiger partial charge in [-0.2, -0.15) is 0 Å². The van der Waals surface area contributed by atoms with Gasteiger partial charge >= 0.3 is 0 Å². The molecule has 5 nitrogen and oxygen atoms in total. The minimum atomic E-state index is 0.388. The number of nitrogens with two attached hydrogens (primary N) is 1. The van der Waals surface area contributed by atoms with Gasteiger partial charge in [0.1, 0.15) is 0 Å². The lowest BCUT2D eigenvalue weighted by Crippen LogP contribution is -2.22. The number of nitrogens with one attached hydrogen (secondary N) is 1. The molecular formula is C12H19N3O2. The molecule has 0 amide bonds. The highest BCUT2D eigenvalue weighted by atomic mass is 16.5. The second-order valence-electron chi connectivity index (χ2n) is 3.28. The Kier molecular flexibility index (Phi) is 5.13. The van der Waals surface area contributed by atoms with Crippen LogP contribution < -0.4 is 20.5 Å². The van der Waals surface area contributed by atoms with Crippen LogP contribution >= 0.6 is 0 Å². The molecule has 0 saturated carbocycles. The van der Waals surface area contributed by atoms with E-state index in [9.17, 15) is 0 Å². The van der Waals surface area contributed by atoms with E-state index in [2.05, 4.69) is 10.3 Å². The normalized spacial score (nSPS) is 11.1. The maximum absolute atomic E-state index is 5.67. The summed E-state index contributed by atoms with van der Waals surface area (Å²) in [6.45, 7) is 5.10. The highest BCUT2D eigenvalue weighted by molar-refractivity contribution is 5.92. The van der Waals surface area contributed by atoms with Crippen LogP contribution in [0.25, 0.3) is 0 Å². The summed E-state index contributed by atoms with van der Waals surface area (Å²) in [5.74, 6) is 1.77. The van der Waals surface area contributed by atoms with Crippen molar-refractivity contribution >= 4 is 11.6 Å². The highest BCUT2D eigenvalue weighted by Crippen LogP contribution is 2.29. The summed E-state index contributed by atoms with van der Waals surface area (Å²) < 4.78 is 10.7. The number of ether oxygens (including phenoxy) is 2. The van der Waals surface area contributed by atoms with Gasteiger partial charge in [-0.1, -0.05) is 0 Å². The van der Waals surface area contributed by atoms with E-state index >= 15 is 0 Å². The largest absolute Gasteiger partial charge is 0.493 e. The lowest BCUT2D eigenvalue weighted by molar-refractivity contribution is 0.311. The average Bonchev–Trinajstić information content (AvgIpc) is 2.31. The molecule has 0 fully saturated rings. The summed E-state index contributed by atoms with van der Waals surface area (Å²) >= 11 is 0. The third-order valence-electron chi connectivity index (χ3n) is 2.06. The van der Waals surface area contributed by atoms with Crippen LogP contribution in [-0.4, -0.2) is 26.2 Å². The summed E-state index contributed by atoms with van der Waals surface area (Å²) in [4.78, 5) is 4.05. The molecule has 3 N–H and O–H groups in total. The molecule has 0 atom stereocenters. The molecule has 1 aromatic rings. The maximum Gasteiger partial charge on any atom is 0.193 e. The molecule has 17 heavy (non-hydrogen) atoms. The number of aliphatic imine (C=N–C) groups is 1. The summed E-state index contributed by atoms with van der Waals surface area (Å²) in [6, 6.07) is 5.53. The monoisotopic (exact) mass is 237 g/mol. The fraction of sp³-hybridized carbons (Fsp3) is 0.417. The third kappa shape index (κ3) is 3.86. The van der Waals surface area contributed by atoms with Crippen molar-refractivity contribution < 1.29 is 9.47 Å². The van der Waals surface area contributed by atoms with Crippen molar-refractivity contribution in [1.29, 1.82) is 0 Å². The van der Waals surface area contributed by atoms with E-state index in [0.717, 1.165) is 5.69 Å². The molecule has 1 rings (SSSR count). The van der Waals surface area contributed by atoms with Crippen molar-refractivity contribution in [3.8, 4) is 11.5 Å². The van der Waals surface area contributed by atoms with Crippen LogP contribution in [0.1, 0.15) is 13.8 Å². The van der Waals surface area contributed by atoms with Gasteiger partial charge < -0.3 is 20.5 Å². The van der Waals surface area contributed by atoms with Crippen molar-refractivity contribution in [3.63, 3.8) is 0 Å². The molecule has 0 saturated heterocycles. The van der Waals surface area contributed by atoms with E-state index in [1.165, 1.54) is 0 Å². The van der Waals surface area contributed by atoms with E-state index in [1.807, 2.05) is 32.0 Å². The number of rotatable bonds is 5. The quantitative estimate of drug-likeness (QED) is 0.605. The van der Waals surface area contributed by atoms with Crippen LogP contribution in [0.2, 0.25) is 0 Å². The van der Waals surface area contributed by atoms with Gasteiger partial charge in [-0.3, -0.25) is 4.99 Å². The van der Waals surface area contributed by atoms with E-state index in [1.54, 1.807) is 7.11 Å². The molecule has 94 valence electrons. The Hall–Kier alpha value is -1.91. The minimum absolute atomic E-state index is 0.388. The van der Waals surface area contributed by atoms with Gasteiger partial charge in [0.2, 0.25) is 0 Å². The van der Waals surface area contributed by atoms with Gasteiger partial charge in [-0.05, 0) is 26.0 Å². The summed E-state index contributed by atoms with van der Waals surface area (Å²) in [7, 11) is 1.60. The Labute approximate surface area is 102 Å². The topological polar surface area (TPSA) is 68.9 Å². The smallest absolute Gasteiger partial charge is 0.193 e. The molecule has 0 aliphatic heterocycles. The first-order valence-electron chi connectivity index (χ1n) is 5.59. The zero-order chi connectivity index (χ0) is 12.7. The fourth-order valence-corrected chi connectivity index (χ4v) is 1.38. The highest BCUT2D eigenvalue weighted by Gasteiger charge is 2.05. The minimum Gasteiger partial charge on any atom is -0.493 e. The Balaban J connectivity index is 2.85. The fourth-order valence-electron chi connectivity index (χ4n) is 1.38. The van der Waals surface area contributed by atoms with Gasteiger partial charge in [0, 0.05) is 18.3 Å². The predicted octanol–water partition coefficient (Wildman–Crippen LogP) is 1.84. The molecule has 5 heteroatoms. The zero-order valence-corrected chi connectivity index (χ0v) is 10.5. The number of hydrogen-bond acceptors (Lipinski definition) is 3. The van der Waals surface area contributed by atoms with Crippen LogP contribution in [0.4, 0.5) is 5.69 Å². The number of guanidine groups is 1. The van der Waals surface area contributed by atoms with Crippen molar-refractivity contribution in [3.05, 3.63) is 18.2 Å². The summed E-state index contributed by atoms with van der Waals surface area (Å²) in [6.07, 6.45) is 0. The van der Waals surface area contributed by atoms with Crippen molar-refractivity contribution in [2.45, 2.75) is 13.8 Å². The third-order valence-corrected chi connectivity index (χ3v) is 2.06. The first kappa shape index (κ1) is 13.2. The molecule has 0 radical (unpaired) electrons. The van der Waals surface area contributed by atoms with E-state index in [4.69, 9.17) is 15.2 Å². The number of benzene rings is 1. The molecule has 0 aliphatic carbocycles. The second-order valence-corrected chi connectivity index (χ2v) is 3.28. The van der Waals surface area contributed by atoms with Gasteiger partial charge in [0.25, 0.3) is 0 Å². The predicted molar refractivity (Wildman–Crippen MR) is 69.9 cm³/mol. The lowest BCUT2D eigenvalue weighted by atomic mass is 10.2. The Morgan fingerprint density at radius 1 is 1.35 bits per heavy atom. The number of methoxy groups -OCH3 is 1. The van der Waals surface area contributed by atoms with Gasteiger partial charge in [0.15, 0.2) is 17.5 Å². The maximum atomic E-state index is 5.67. The first-order valence-corrected chi connectivity index (χ1v) is 5.59. The van der Waals surface area contributed by atoms with Crippen LogP contribution in [0.3, 0.4) is 0 Å². The van der Waals surface area contributed by atoms with Crippen LogP contribution in [-0.2, 0) is 0 Å². The number of hydrogen-bond donors (Lipinski definition) is 2. The van der Waals surface area contributed by atoms with E-state index < -0.39 is 0 Å². The molecule has 0 unspecified atom stereocenters. The summed E-state index contributed by atoms with van der Waals surface area (Å²) in [5, 5.41) is 2.98. The number of anilines is 1. The molecule has 0 heterocycles. The van der Waals surface area contributed by atoms with Crippen molar-refractivity contribution in [2.24, 2.45) is 10.7 Å². The SMILES string of the molecule is CCN=C(N)Nc1ccc(OCC)c(OC)c1. The zero-order valence-electron chi connectivity index (χ0n) is 10.5. The van der Waals surface area contributed by atoms with Crippen LogP contribution in [0, 0.1) is 0 Å². The molecule has 0 aliphatic rings. The van der Waals surface area contributed by atoms with Gasteiger partial charge in [0.05, 0.1) is 13.7 Å². The van der Waals surface area contributed by atoms with E-state index in [-0.39, 0.29) is 0 Å². The molecular weight excluding hydrogens is 218 g/mol. The van der Waals surface area contributed by atoms with Crippen molar-refractivity contribution in [1.82, 2.24) is 0 Å². The standard InChI is InChI=1S/C12H19N3O2/c1-4-14-12(13)15-9-6-7-10(17-5-2)11(8-9)16-3/h6-8H,4-5H2,1-3H3,(H3,13,14,15). The Bertz CT molecular complexity index is 391. The molecule has 0 aromatic heterocycles. The molecule has 1 aromatic carbocycles.